The number of hydrogen-bond acceptors (Lipinski definition) is 1. The molecule has 0 aliphatic rings. The van der Waals surface area contributed by atoms with E-state index in [1.165, 1.54) is 0 Å². The molecular formula is C12H15ClF3N. The Hall–Kier alpha value is -0.740. The molecule has 0 aliphatic carbocycles. The van der Waals surface area contributed by atoms with E-state index >= 15 is 0 Å². The van der Waals surface area contributed by atoms with Crippen molar-refractivity contribution in [2.75, 3.05) is 6.54 Å². The minimum Gasteiger partial charge on any atom is -0.330 e. The van der Waals surface area contributed by atoms with Crippen LogP contribution in [0.25, 0.3) is 0 Å². The van der Waals surface area contributed by atoms with E-state index < -0.39 is 24.1 Å². The van der Waals surface area contributed by atoms with Crippen molar-refractivity contribution in [3.05, 3.63) is 34.9 Å². The van der Waals surface area contributed by atoms with E-state index in [0.717, 1.165) is 0 Å². The highest BCUT2D eigenvalue weighted by Gasteiger charge is 2.48. The second kappa shape index (κ2) is 4.86. The average Bonchev–Trinajstić information content (AvgIpc) is 2.16. The van der Waals surface area contributed by atoms with Gasteiger partial charge in [-0.05, 0) is 17.7 Å². The van der Waals surface area contributed by atoms with E-state index in [1.54, 1.807) is 38.1 Å². The topological polar surface area (TPSA) is 26.0 Å². The lowest BCUT2D eigenvalue weighted by Crippen LogP contribution is -2.44. The number of hydrogen-bond donors (Lipinski definition) is 1. The first-order valence-corrected chi connectivity index (χ1v) is 5.60. The van der Waals surface area contributed by atoms with E-state index in [-0.39, 0.29) is 0 Å². The van der Waals surface area contributed by atoms with Gasteiger partial charge in [-0.1, -0.05) is 37.6 Å². The van der Waals surface area contributed by atoms with Gasteiger partial charge in [0.1, 0.15) is 0 Å². The van der Waals surface area contributed by atoms with Gasteiger partial charge in [-0.25, -0.2) is 0 Å². The third kappa shape index (κ3) is 3.13. The van der Waals surface area contributed by atoms with E-state index in [1.807, 2.05) is 0 Å². The first kappa shape index (κ1) is 14.3. The summed E-state index contributed by atoms with van der Waals surface area (Å²) in [5, 5.41) is 0.501. The third-order valence-corrected chi connectivity index (χ3v) is 3.34. The zero-order chi connectivity index (χ0) is 13.3. The molecule has 0 aromatic heterocycles. The third-order valence-electron chi connectivity index (χ3n) is 3.09. The summed E-state index contributed by atoms with van der Waals surface area (Å²) in [7, 11) is 0. The summed E-state index contributed by atoms with van der Waals surface area (Å²) in [6.45, 7) is 2.65. The Labute approximate surface area is 104 Å². The second-order valence-corrected chi connectivity index (χ2v) is 4.99. The minimum absolute atomic E-state index is 0.431. The van der Waals surface area contributed by atoms with Crippen LogP contribution in [0.4, 0.5) is 13.2 Å². The molecule has 0 aliphatic heterocycles. The van der Waals surface area contributed by atoms with Crippen LogP contribution >= 0.6 is 11.6 Å². The van der Waals surface area contributed by atoms with Crippen molar-refractivity contribution in [3.63, 3.8) is 0 Å². The van der Waals surface area contributed by atoms with E-state index in [4.69, 9.17) is 17.3 Å². The number of nitrogens with two attached hydrogens (primary N) is 1. The molecule has 1 nitrogen and oxygen atoms in total. The normalized spacial score (nSPS) is 14.8. The summed E-state index contributed by atoms with van der Waals surface area (Å²) in [5.41, 5.74) is 4.77. The van der Waals surface area contributed by atoms with Gasteiger partial charge in [0.15, 0.2) is 0 Å². The molecule has 0 spiro atoms. The van der Waals surface area contributed by atoms with Crippen LogP contribution in [0.5, 0.6) is 0 Å². The van der Waals surface area contributed by atoms with E-state index in [2.05, 4.69) is 0 Å². The largest absolute Gasteiger partial charge is 0.393 e. The summed E-state index contributed by atoms with van der Waals surface area (Å²) < 4.78 is 38.6. The summed E-state index contributed by atoms with van der Waals surface area (Å²) >= 11 is 5.72. The zero-order valence-corrected chi connectivity index (χ0v) is 10.4. The van der Waals surface area contributed by atoms with Crippen molar-refractivity contribution in [2.24, 2.45) is 11.7 Å². The van der Waals surface area contributed by atoms with Gasteiger partial charge in [-0.3, -0.25) is 0 Å². The van der Waals surface area contributed by atoms with Gasteiger partial charge >= 0.3 is 6.18 Å². The molecule has 0 saturated carbocycles. The quantitative estimate of drug-likeness (QED) is 0.885. The van der Waals surface area contributed by atoms with Crippen LogP contribution in [-0.4, -0.2) is 12.7 Å². The Kier molecular flexibility index (Phi) is 4.10. The van der Waals surface area contributed by atoms with E-state index in [0.29, 0.717) is 10.6 Å². The molecule has 0 amide bonds. The average molecular weight is 266 g/mol. The smallest absolute Gasteiger partial charge is 0.330 e. The van der Waals surface area contributed by atoms with E-state index in [9.17, 15) is 13.2 Å². The Bertz CT molecular complexity index is 370. The van der Waals surface area contributed by atoms with Crippen LogP contribution in [0.15, 0.2) is 24.3 Å². The Morgan fingerprint density at radius 1 is 1.18 bits per heavy atom. The highest BCUT2D eigenvalue weighted by Crippen LogP contribution is 2.41. The van der Waals surface area contributed by atoms with Gasteiger partial charge in [0.25, 0.3) is 0 Å². The maximum absolute atomic E-state index is 12.9. The van der Waals surface area contributed by atoms with Crippen molar-refractivity contribution in [3.8, 4) is 0 Å². The van der Waals surface area contributed by atoms with Crippen molar-refractivity contribution in [2.45, 2.75) is 25.4 Å². The van der Waals surface area contributed by atoms with Gasteiger partial charge in [-0.15, -0.1) is 0 Å². The molecule has 0 heterocycles. The fourth-order valence-corrected chi connectivity index (χ4v) is 2.04. The van der Waals surface area contributed by atoms with Crippen LogP contribution in [0.1, 0.15) is 19.4 Å². The van der Waals surface area contributed by atoms with Gasteiger partial charge in [0, 0.05) is 17.0 Å². The van der Waals surface area contributed by atoms with Crippen LogP contribution in [-0.2, 0) is 5.41 Å². The summed E-state index contributed by atoms with van der Waals surface area (Å²) in [5.74, 6) is -1.57. The molecule has 1 rings (SSSR count). The summed E-state index contributed by atoms with van der Waals surface area (Å²) in [6, 6.07) is 6.39. The molecule has 1 atom stereocenters. The fourth-order valence-electron chi connectivity index (χ4n) is 1.92. The van der Waals surface area contributed by atoms with Crippen LogP contribution in [0.2, 0.25) is 5.02 Å². The molecule has 1 unspecified atom stereocenters. The highest BCUT2D eigenvalue weighted by molar-refractivity contribution is 6.30. The Morgan fingerprint density at radius 3 is 2.00 bits per heavy atom. The molecule has 17 heavy (non-hydrogen) atoms. The lowest BCUT2D eigenvalue weighted by molar-refractivity contribution is -0.187. The fraction of sp³-hybridized carbons (Fsp3) is 0.500. The van der Waals surface area contributed by atoms with Crippen molar-refractivity contribution < 1.29 is 13.2 Å². The minimum atomic E-state index is -4.31. The zero-order valence-electron chi connectivity index (χ0n) is 9.68. The molecule has 1 aromatic carbocycles. The number of rotatable bonds is 3. The summed E-state index contributed by atoms with van der Waals surface area (Å²) in [6.07, 6.45) is -4.31. The van der Waals surface area contributed by atoms with Crippen LogP contribution in [0, 0.1) is 5.92 Å². The maximum atomic E-state index is 12.9. The van der Waals surface area contributed by atoms with Crippen LogP contribution in [0.3, 0.4) is 0 Å². The summed E-state index contributed by atoms with van der Waals surface area (Å²) in [4.78, 5) is 0. The number of alkyl halides is 3. The molecule has 96 valence electrons. The van der Waals surface area contributed by atoms with Gasteiger partial charge in [0.2, 0.25) is 0 Å². The lowest BCUT2D eigenvalue weighted by Gasteiger charge is -2.35. The van der Waals surface area contributed by atoms with Crippen molar-refractivity contribution >= 4 is 11.6 Å². The van der Waals surface area contributed by atoms with Crippen LogP contribution < -0.4 is 5.73 Å². The molecule has 0 bridgehead atoms. The first-order valence-electron chi connectivity index (χ1n) is 5.22. The molecule has 5 heteroatoms. The number of benzene rings is 1. The number of halogens is 4. The second-order valence-electron chi connectivity index (χ2n) is 4.56. The lowest BCUT2D eigenvalue weighted by atomic mass is 9.73. The van der Waals surface area contributed by atoms with Crippen molar-refractivity contribution in [1.82, 2.24) is 0 Å². The molecule has 0 saturated heterocycles. The molecule has 0 fully saturated rings. The molecule has 0 radical (unpaired) electrons. The van der Waals surface area contributed by atoms with Gasteiger partial charge < -0.3 is 5.73 Å². The Morgan fingerprint density at radius 2 is 1.65 bits per heavy atom. The Balaban J connectivity index is 3.12. The SMILES string of the molecule is CC(C)(c1ccc(Cl)cc1)C(CN)C(F)(F)F. The molecule has 1 aromatic rings. The monoisotopic (exact) mass is 265 g/mol. The van der Waals surface area contributed by atoms with Gasteiger partial charge in [0.05, 0.1) is 5.92 Å². The molecule has 2 N–H and O–H groups in total. The highest BCUT2D eigenvalue weighted by atomic mass is 35.5. The first-order chi connectivity index (χ1) is 7.69. The standard InChI is InChI=1S/C12H15ClF3N/c1-11(2,10(7-17)12(14,15)16)8-3-5-9(13)6-4-8/h3-6,10H,7,17H2,1-2H3. The predicted octanol–water partition coefficient (Wildman–Crippen LogP) is 3.75. The molecular weight excluding hydrogens is 251 g/mol. The predicted molar refractivity (Wildman–Crippen MR) is 63.1 cm³/mol. The van der Waals surface area contributed by atoms with Gasteiger partial charge in [-0.2, -0.15) is 13.2 Å². The maximum Gasteiger partial charge on any atom is 0.393 e. The van der Waals surface area contributed by atoms with Crippen molar-refractivity contribution in [1.29, 1.82) is 0 Å².